The van der Waals surface area contributed by atoms with Gasteiger partial charge < -0.3 is 19.7 Å². The number of methoxy groups -OCH3 is 2. The van der Waals surface area contributed by atoms with Gasteiger partial charge in [-0.2, -0.15) is 0 Å². The van der Waals surface area contributed by atoms with Crippen LogP contribution >= 0.6 is 0 Å². The predicted octanol–water partition coefficient (Wildman–Crippen LogP) is 2.79. The molecule has 116 valence electrons. The lowest BCUT2D eigenvalue weighted by Crippen LogP contribution is -2.01. The number of para-hydroxylation sites is 1. The largest absolute Gasteiger partial charge is 0.493 e. The van der Waals surface area contributed by atoms with Crippen LogP contribution in [0.15, 0.2) is 48.5 Å². The summed E-state index contributed by atoms with van der Waals surface area (Å²) in [5.41, 5.74) is 0.430. The monoisotopic (exact) mass is 304 g/mol. The Labute approximate surface area is 127 Å². The van der Waals surface area contributed by atoms with Crippen LogP contribution in [0.2, 0.25) is 0 Å². The Hall–Kier alpha value is -3.02. The molecule has 0 bridgehead atoms. The van der Waals surface area contributed by atoms with E-state index in [4.69, 9.17) is 19.7 Å². The van der Waals surface area contributed by atoms with E-state index in [0.29, 0.717) is 11.3 Å². The molecule has 0 heterocycles. The van der Waals surface area contributed by atoms with Crippen molar-refractivity contribution in [1.29, 1.82) is 0 Å². The molecule has 2 aromatic rings. The summed E-state index contributed by atoms with van der Waals surface area (Å²) in [5, 5.41) is 17.2. The van der Waals surface area contributed by atoms with E-state index in [0.717, 1.165) is 0 Å². The van der Waals surface area contributed by atoms with E-state index in [1.54, 1.807) is 42.5 Å². The fourth-order valence-electron chi connectivity index (χ4n) is 1.64. The van der Waals surface area contributed by atoms with Crippen LogP contribution < -0.4 is 9.47 Å². The topological polar surface area (TPSA) is 93.1 Å². The van der Waals surface area contributed by atoms with Crippen LogP contribution in [0.1, 0.15) is 20.7 Å². The van der Waals surface area contributed by atoms with Gasteiger partial charge in [-0.05, 0) is 24.3 Å². The van der Waals surface area contributed by atoms with E-state index in [1.165, 1.54) is 20.3 Å². The molecule has 6 heteroatoms. The number of benzene rings is 2. The van der Waals surface area contributed by atoms with Crippen molar-refractivity contribution in [2.24, 2.45) is 0 Å². The van der Waals surface area contributed by atoms with E-state index in [2.05, 4.69) is 0 Å². The second-order valence-corrected chi connectivity index (χ2v) is 4.02. The van der Waals surface area contributed by atoms with Crippen LogP contribution in [0.4, 0.5) is 0 Å². The Morgan fingerprint density at radius 3 is 1.86 bits per heavy atom. The Morgan fingerprint density at radius 1 is 0.818 bits per heavy atom. The third kappa shape index (κ3) is 4.52. The van der Waals surface area contributed by atoms with Crippen LogP contribution in [-0.4, -0.2) is 36.4 Å². The second-order valence-electron chi connectivity index (χ2n) is 4.02. The fraction of sp³-hybridized carbons (Fsp3) is 0.125. The summed E-state index contributed by atoms with van der Waals surface area (Å²) in [6.45, 7) is 0. The third-order valence-corrected chi connectivity index (χ3v) is 2.65. The van der Waals surface area contributed by atoms with E-state index >= 15 is 0 Å². The van der Waals surface area contributed by atoms with Gasteiger partial charge in [0.1, 0.15) is 5.56 Å². The molecule has 0 fully saturated rings. The molecule has 0 atom stereocenters. The van der Waals surface area contributed by atoms with E-state index in [1.807, 2.05) is 0 Å². The first-order chi connectivity index (χ1) is 10.5. The van der Waals surface area contributed by atoms with Gasteiger partial charge in [0.25, 0.3) is 0 Å². The molecule has 6 nitrogen and oxygen atoms in total. The number of hydrogen-bond donors (Lipinski definition) is 2. The van der Waals surface area contributed by atoms with Crippen molar-refractivity contribution < 1.29 is 29.3 Å². The molecule has 0 unspecified atom stereocenters. The second kappa shape index (κ2) is 8.31. The van der Waals surface area contributed by atoms with Crippen molar-refractivity contribution in [2.45, 2.75) is 0 Å². The molecular weight excluding hydrogens is 288 g/mol. The fourth-order valence-corrected chi connectivity index (χ4v) is 1.64. The first kappa shape index (κ1) is 17.0. The molecule has 2 aromatic carbocycles. The Kier molecular flexibility index (Phi) is 6.43. The van der Waals surface area contributed by atoms with Gasteiger partial charge in [-0.25, -0.2) is 9.59 Å². The maximum Gasteiger partial charge on any atom is 0.339 e. The van der Waals surface area contributed by atoms with Gasteiger partial charge in [-0.1, -0.05) is 24.3 Å². The number of carboxylic acid groups (broad SMARTS) is 2. The van der Waals surface area contributed by atoms with Gasteiger partial charge in [0.2, 0.25) is 0 Å². The molecule has 2 N–H and O–H groups in total. The summed E-state index contributed by atoms with van der Waals surface area (Å²) < 4.78 is 9.86. The minimum absolute atomic E-state index is 0.0989. The zero-order chi connectivity index (χ0) is 16.5. The molecule has 0 spiro atoms. The van der Waals surface area contributed by atoms with E-state index in [-0.39, 0.29) is 11.3 Å². The number of ether oxygens (including phenoxy) is 2. The molecule has 2 rings (SSSR count). The van der Waals surface area contributed by atoms with Crippen LogP contribution in [0, 0.1) is 0 Å². The van der Waals surface area contributed by atoms with Crippen molar-refractivity contribution in [3.05, 3.63) is 59.7 Å². The molecule has 0 saturated heterocycles. The van der Waals surface area contributed by atoms with Crippen LogP contribution in [0.5, 0.6) is 11.5 Å². The highest BCUT2D eigenvalue weighted by Crippen LogP contribution is 2.30. The van der Waals surface area contributed by atoms with Gasteiger partial charge in [0.15, 0.2) is 11.5 Å². The smallest absolute Gasteiger partial charge is 0.339 e. The molecule has 0 aliphatic carbocycles. The zero-order valence-electron chi connectivity index (χ0n) is 12.1. The van der Waals surface area contributed by atoms with Crippen molar-refractivity contribution in [1.82, 2.24) is 0 Å². The SMILES string of the molecule is COc1cccc(C(=O)O)c1OC.O=C(O)c1ccccc1. The summed E-state index contributed by atoms with van der Waals surface area (Å²) in [7, 11) is 2.87. The van der Waals surface area contributed by atoms with Gasteiger partial charge in [0, 0.05) is 0 Å². The normalized spacial score (nSPS) is 9.18. The first-order valence-corrected chi connectivity index (χ1v) is 6.23. The molecule has 0 aliphatic heterocycles. The predicted molar refractivity (Wildman–Crippen MR) is 79.9 cm³/mol. The average molecular weight is 304 g/mol. The van der Waals surface area contributed by atoms with Crippen molar-refractivity contribution >= 4 is 11.9 Å². The zero-order valence-corrected chi connectivity index (χ0v) is 12.1. The van der Waals surface area contributed by atoms with E-state index < -0.39 is 11.9 Å². The average Bonchev–Trinajstić information content (AvgIpc) is 2.55. The lowest BCUT2D eigenvalue weighted by Gasteiger charge is -2.08. The van der Waals surface area contributed by atoms with Gasteiger partial charge >= 0.3 is 11.9 Å². The molecular formula is C16H16O6. The van der Waals surface area contributed by atoms with Crippen molar-refractivity contribution in [2.75, 3.05) is 14.2 Å². The molecule has 22 heavy (non-hydrogen) atoms. The lowest BCUT2D eigenvalue weighted by atomic mass is 10.2. The maximum atomic E-state index is 10.7. The lowest BCUT2D eigenvalue weighted by molar-refractivity contribution is 0.0683. The standard InChI is InChI=1S/C9H10O4.C7H6O2/c1-12-7-5-3-4-6(9(10)11)8(7)13-2;8-7(9)6-4-2-1-3-5-6/h3-5H,1-2H3,(H,10,11);1-5H,(H,8,9). The van der Waals surface area contributed by atoms with Crippen LogP contribution in [-0.2, 0) is 0 Å². The summed E-state index contributed by atoms with van der Waals surface area (Å²) in [5.74, 6) is -1.24. The Balaban J connectivity index is 0.000000235. The first-order valence-electron chi connectivity index (χ1n) is 6.23. The number of rotatable bonds is 4. The van der Waals surface area contributed by atoms with Crippen molar-refractivity contribution in [3.8, 4) is 11.5 Å². The molecule has 0 aliphatic rings. The molecule has 0 aromatic heterocycles. The summed E-state index contributed by atoms with van der Waals surface area (Å²) in [4.78, 5) is 20.9. The number of carboxylic acids is 2. The van der Waals surface area contributed by atoms with Gasteiger partial charge in [-0.3, -0.25) is 0 Å². The molecule has 0 saturated carbocycles. The van der Waals surface area contributed by atoms with Crippen molar-refractivity contribution in [3.63, 3.8) is 0 Å². The van der Waals surface area contributed by atoms with Gasteiger partial charge in [-0.15, -0.1) is 0 Å². The number of aromatic carboxylic acids is 2. The Bertz CT molecular complexity index is 636. The number of carbonyl (C=O) groups is 2. The summed E-state index contributed by atoms with van der Waals surface area (Å²) in [6.07, 6.45) is 0. The third-order valence-electron chi connectivity index (χ3n) is 2.65. The van der Waals surface area contributed by atoms with E-state index in [9.17, 15) is 9.59 Å². The summed E-state index contributed by atoms with van der Waals surface area (Å²) in [6, 6.07) is 13.0. The van der Waals surface area contributed by atoms with Crippen LogP contribution in [0.3, 0.4) is 0 Å². The quantitative estimate of drug-likeness (QED) is 0.902. The van der Waals surface area contributed by atoms with Gasteiger partial charge in [0.05, 0.1) is 19.8 Å². The highest BCUT2D eigenvalue weighted by molar-refractivity contribution is 5.92. The minimum atomic E-state index is -1.03. The Morgan fingerprint density at radius 2 is 1.45 bits per heavy atom. The maximum absolute atomic E-state index is 10.7. The minimum Gasteiger partial charge on any atom is -0.493 e. The molecule has 0 amide bonds. The summed E-state index contributed by atoms with van der Waals surface area (Å²) >= 11 is 0. The molecule has 0 radical (unpaired) electrons. The van der Waals surface area contributed by atoms with Crippen LogP contribution in [0.25, 0.3) is 0 Å². The number of hydrogen-bond acceptors (Lipinski definition) is 4. The highest BCUT2D eigenvalue weighted by atomic mass is 16.5. The highest BCUT2D eigenvalue weighted by Gasteiger charge is 2.14.